The summed E-state index contributed by atoms with van der Waals surface area (Å²) in [6, 6.07) is 17.5. The third kappa shape index (κ3) is 4.03. The van der Waals surface area contributed by atoms with Crippen molar-refractivity contribution in [2.24, 2.45) is 0 Å². The van der Waals surface area contributed by atoms with Gasteiger partial charge in [-0.3, -0.25) is 4.72 Å². The molecule has 0 bridgehead atoms. The molecule has 0 spiro atoms. The topological polar surface area (TPSA) is 71.3 Å². The molecule has 0 saturated carbocycles. The summed E-state index contributed by atoms with van der Waals surface area (Å²) in [5.41, 5.74) is 2.18. The molecule has 5 nitrogen and oxygen atoms in total. The number of hydrogen-bond donors (Lipinski definition) is 2. The molecule has 0 aliphatic rings. The molecular formula is C19H20N2O3S. The first kappa shape index (κ1) is 17.1. The normalized spacial score (nSPS) is 12.6. The quantitative estimate of drug-likeness (QED) is 0.679. The largest absolute Gasteiger partial charge is 0.467 e. The van der Waals surface area contributed by atoms with Crippen molar-refractivity contribution in [3.05, 3.63) is 78.3 Å². The van der Waals surface area contributed by atoms with Crippen molar-refractivity contribution in [3.8, 4) is 0 Å². The van der Waals surface area contributed by atoms with Crippen molar-refractivity contribution in [2.45, 2.75) is 24.8 Å². The van der Waals surface area contributed by atoms with E-state index in [0.29, 0.717) is 11.4 Å². The second kappa shape index (κ2) is 7.03. The molecule has 1 aromatic heterocycles. The van der Waals surface area contributed by atoms with E-state index in [9.17, 15) is 8.42 Å². The first-order valence-electron chi connectivity index (χ1n) is 7.94. The zero-order valence-corrected chi connectivity index (χ0v) is 14.9. The summed E-state index contributed by atoms with van der Waals surface area (Å²) in [7, 11) is -3.66. The summed E-state index contributed by atoms with van der Waals surface area (Å²) in [5.74, 6) is 0.774. The number of nitrogens with one attached hydrogen (secondary N) is 2. The Morgan fingerprint density at radius 2 is 1.60 bits per heavy atom. The van der Waals surface area contributed by atoms with Crippen LogP contribution in [-0.2, 0) is 10.0 Å². The number of benzene rings is 2. The lowest BCUT2D eigenvalue weighted by Crippen LogP contribution is -2.15. The molecule has 2 aromatic carbocycles. The smallest absolute Gasteiger partial charge is 0.261 e. The molecule has 3 rings (SSSR count). The van der Waals surface area contributed by atoms with Crippen LogP contribution in [0.2, 0.25) is 0 Å². The van der Waals surface area contributed by atoms with E-state index in [1.807, 2.05) is 38.1 Å². The van der Waals surface area contributed by atoms with Gasteiger partial charge in [-0.1, -0.05) is 29.8 Å². The minimum atomic E-state index is -3.66. The fraction of sp³-hybridized carbons (Fsp3) is 0.158. The molecule has 0 fully saturated rings. The van der Waals surface area contributed by atoms with Crippen LogP contribution < -0.4 is 10.0 Å². The Hall–Kier alpha value is -2.73. The van der Waals surface area contributed by atoms with Crippen LogP contribution in [0.15, 0.2) is 76.2 Å². The Morgan fingerprint density at radius 3 is 2.24 bits per heavy atom. The zero-order valence-electron chi connectivity index (χ0n) is 14.1. The van der Waals surface area contributed by atoms with E-state index in [0.717, 1.165) is 11.3 Å². The zero-order chi connectivity index (χ0) is 17.9. The molecule has 1 unspecified atom stereocenters. The van der Waals surface area contributed by atoms with Crippen LogP contribution in [0.3, 0.4) is 0 Å². The van der Waals surface area contributed by atoms with E-state index in [1.165, 1.54) is 0 Å². The lowest BCUT2D eigenvalue weighted by atomic mass is 10.2. The van der Waals surface area contributed by atoms with Crippen molar-refractivity contribution in [1.29, 1.82) is 0 Å². The minimum absolute atomic E-state index is 0.0972. The summed E-state index contributed by atoms with van der Waals surface area (Å²) in [4.78, 5) is 0.229. The Kier molecular flexibility index (Phi) is 4.81. The van der Waals surface area contributed by atoms with Gasteiger partial charge in [0.25, 0.3) is 10.0 Å². The van der Waals surface area contributed by atoms with E-state index in [1.54, 1.807) is 42.7 Å². The number of aryl methyl sites for hydroxylation is 1. The molecule has 0 aliphatic heterocycles. The van der Waals surface area contributed by atoms with Crippen molar-refractivity contribution in [3.63, 3.8) is 0 Å². The van der Waals surface area contributed by atoms with Crippen LogP contribution in [-0.4, -0.2) is 8.42 Å². The summed E-state index contributed by atoms with van der Waals surface area (Å²) in [5, 5.41) is 3.28. The highest BCUT2D eigenvalue weighted by atomic mass is 32.2. The van der Waals surface area contributed by atoms with Gasteiger partial charge in [-0.05, 0) is 50.2 Å². The first-order chi connectivity index (χ1) is 12.0. The van der Waals surface area contributed by atoms with Gasteiger partial charge in [-0.25, -0.2) is 8.42 Å². The molecule has 130 valence electrons. The number of hydrogen-bond acceptors (Lipinski definition) is 4. The molecule has 1 heterocycles. The monoisotopic (exact) mass is 356 g/mol. The molecule has 6 heteroatoms. The van der Waals surface area contributed by atoms with Gasteiger partial charge >= 0.3 is 0 Å². The van der Waals surface area contributed by atoms with Crippen LogP contribution in [0.25, 0.3) is 0 Å². The van der Waals surface area contributed by atoms with Gasteiger partial charge in [0.15, 0.2) is 0 Å². The highest BCUT2D eigenvalue weighted by Crippen LogP contribution is 2.28. The summed E-state index contributed by atoms with van der Waals surface area (Å²) in [6.45, 7) is 3.86. The SMILES string of the molecule is Cc1ccc(S(=O)(=O)Nc2ccccc2NC(C)c2ccco2)cc1. The second-order valence-electron chi connectivity index (χ2n) is 5.85. The standard InChI is InChI=1S/C19H20N2O3S/c1-14-9-11-16(12-10-14)25(22,23)21-18-7-4-3-6-17(18)20-15(2)19-8-5-13-24-19/h3-13,15,20-21H,1-2H3. The van der Waals surface area contributed by atoms with Gasteiger partial charge in [0.2, 0.25) is 0 Å². The van der Waals surface area contributed by atoms with Gasteiger partial charge in [-0.2, -0.15) is 0 Å². The van der Waals surface area contributed by atoms with E-state index in [-0.39, 0.29) is 10.9 Å². The van der Waals surface area contributed by atoms with Gasteiger partial charge in [-0.15, -0.1) is 0 Å². The predicted molar refractivity (Wildman–Crippen MR) is 99.2 cm³/mol. The molecule has 3 aromatic rings. The summed E-state index contributed by atoms with van der Waals surface area (Å²) < 4.78 is 33.3. The van der Waals surface area contributed by atoms with Crippen LogP contribution in [0.1, 0.15) is 24.3 Å². The fourth-order valence-electron chi connectivity index (χ4n) is 2.46. The maximum atomic E-state index is 12.6. The molecule has 2 N–H and O–H groups in total. The fourth-order valence-corrected chi connectivity index (χ4v) is 3.54. The van der Waals surface area contributed by atoms with E-state index in [2.05, 4.69) is 10.0 Å². The minimum Gasteiger partial charge on any atom is -0.467 e. The molecule has 0 radical (unpaired) electrons. The Balaban J connectivity index is 1.84. The number of furan rings is 1. The molecule has 1 atom stereocenters. The van der Waals surface area contributed by atoms with E-state index in [4.69, 9.17) is 4.42 Å². The average Bonchev–Trinajstić information content (AvgIpc) is 3.11. The van der Waals surface area contributed by atoms with Crippen LogP contribution in [0.5, 0.6) is 0 Å². The third-order valence-electron chi connectivity index (χ3n) is 3.84. The highest BCUT2D eigenvalue weighted by molar-refractivity contribution is 7.92. The average molecular weight is 356 g/mol. The second-order valence-corrected chi connectivity index (χ2v) is 7.53. The maximum Gasteiger partial charge on any atom is 0.261 e. The maximum absolute atomic E-state index is 12.6. The van der Waals surface area contributed by atoms with Crippen molar-refractivity contribution >= 4 is 21.4 Å². The number of para-hydroxylation sites is 2. The first-order valence-corrected chi connectivity index (χ1v) is 9.42. The number of anilines is 2. The van der Waals surface area contributed by atoms with Gasteiger partial charge in [0, 0.05) is 0 Å². The Bertz CT molecular complexity index is 933. The van der Waals surface area contributed by atoms with E-state index < -0.39 is 10.0 Å². The van der Waals surface area contributed by atoms with Crippen molar-refractivity contribution in [1.82, 2.24) is 0 Å². The Labute approximate surface area is 147 Å². The van der Waals surface area contributed by atoms with Crippen molar-refractivity contribution in [2.75, 3.05) is 10.0 Å². The molecule has 25 heavy (non-hydrogen) atoms. The van der Waals surface area contributed by atoms with Gasteiger partial charge in [0.05, 0.1) is 28.6 Å². The predicted octanol–water partition coefficient (Wildman–Crippen LogP) is 4.56. The van der Waals surface area contributed by atoms with Crippen molar-refractivity contribution < 1.29 is 12.8 Å². The molecule has 0 amide bonds. The van der Waals surface area contributed by atoms with Crippen LogP contribution >= 0.6 is 0 Å². The van der Waals surface area contributed by atoms with Crippen LogP contribution in [0.4, 0.5) is 11.4 Å². The summed E-state index contributed by atoms with van der Waals surface area (Å²) >= 11 is 0. The molecule has 0 aliphatic carbocycles. The van der Waals surface area contributed by atoms with Gasteiger partial charge in [0.1, 0.15) is 5.76 Å². The highest BCUT2D eigenvalue weighted by Gasteiger charge is 2.17. The lowest BCUT2D eigenvalue weighted by Gasteiger charge is -2.17. The Morgan fingerprint density at radius 1 is 0.920 bits per heavy atom. The third-order valence-corrected chi connectivity index (χ3v) is 5.23. The lowest BCUT2D eigenvalue weighted by molar-refractivity contribution is 0.490. The van der Waals surface area contributed by atoms with Gasteiger partial charge < -0.3 is 9.73 Å². The summed E-state index contributed by atoms with van der Waals surface area (Å²) in [6.07, 6.45) is 1.61. The molecular weight excluding hydrogens is 336 g/mol. The number of rotatable bonds is 6. The molecule has 0 saturated heterocycles. The van der Waals surface area contributed by atoms with E-state index >= 15 is 0 Å². The number of sulfonamides is 1. The van der Waals surface area contributed by atoms with Crippen LogP contribution in [0, 0.1) is 6.92 Å².